The van der Waals surface area contributed by atoms with Gasteiger partial charge in [0.15, 0.2) is 5.13 Å². The molecule has 2 rings (SSSR count). The van der Waals surface area contributed by atoms with Crippen LogP contribution in [0.3, 0.4) is 0 Å². The van der Waals surface area contributed by atoms with Crippen molar-refractivity contribution < 1.29 is 4.42 Å². The molecule has 0 aliphatic carbocycles. The molecule has 1 atom stereocenters. The van der Waals surface area contributed by atoms with E-state index in [-0.39, 0.29) is 10.8 Å². The largest absolute Gasteiger partial charge is 0.443 e. The first-order chi connectivity index (χ1) is 16.3. The first-order valence-corrected chi connectivity index (χ1v) is 14.6. The number of thiazole rings is 1. The van der Waals surface area contributed by atoms with E-state index in [0.717, 1.165) is 17.2 Å². The van der Waals surface area contributed by atoms with Gasteiger partial charge in [-0.05, 0) is 37.5 Å². The van der Waals surface area contributed by atoms with Crippen molar-refractivity contribution in [3.63, 3.8) is 0 Å². The molecule has 0 N–H and O–H groups in total. The number of aromatic nitrogens is 2. The van der Waals surface area contributed by atoms with Gasteiger partial charge in [0.2, 0.25) is 5.89 Å². The Hall–Kier alpha value is -1.27. The van der Waals surface area contributed by atoms with Gasteiger partial charge in [0, 0.05) is 11.9 Å². The summed E-state index contributed by atoms with van der Waals surface area (Å²) in [5, 5.41) is 1.14. The Balaban J connectivity index is 1.65. The Labute approximate surface area is 218 Å². The molecule has 0 amide bonds. The maximum Gasteiger partial charge on any atom is 0.246 e. The van der Waals surface area contributed by atoms with E-state index in [1.165, 1.54) is 81.9 Å². The summed E-state index contributed by atoms with van der Waals surface area (Å²) < 4.78 is 5.56. The lowest BCUT2D eigenvalue weighted by molar-refractivity contribution is 0.561. The van der Waals surface area contributed by atoms with Gasteiger partial charge in [0.1, 0.15) is 12.0 Å². The van der Waals surface area contributed by atoms with Crippen LogP contribution in [0.2, 0.25) is 0 Å². The Morgan fingerprint density at radius 3 is 2.21 bits per heavy atom. The standard InChI is InChI=1S/C28H47N3OS2/c1-6-7-8-9-10-11-12-13-14-15-16-17-18-19-20-23(33)31(5)27-30-24(26-29-21-22-32-26)25(34-27)28(2,3)4/h13-14,21-23,33H,6-12,15-20H2,1-5H3. The normalized spacial score (nSPS) is 13.1. The summed E-state index contributed by atoms with van der Waals surface area (Å²) in [4.78, 5) is 12.6. The molecule has 1 unspecified atom stereocenters. The van der Waals surface area contributed by atoms with Gasteiger partial charge in [-0.3, -0.25) is 0 Å². The van der Waals surface area contributed by atoms with Gasteiger partial charge >= 0.3 is 0 Å². The van der Waals surface area contributed by atoms with Crippen LogP contribution in [0.15, 0.2) is 29.0 Å². The topological polar surface area (TPSA) is 42.2 Å². The van der Waals surface area contributed by atoms with Crippen LogP contribution in [-0.4, -0.2) is 22.4 Å². The zero-order valence-electron chi connectivity index (χ0n) is 22.2. The molecule has 2 aromatic rings. The van der Waals surface area contributed by atoms with Crippen molar-refractivity contribution in [2.75, 3.05) is 11.9 Å². The van der Waals surface area contributed by atoms with Gasteiger partial charge in [0.25, 0.3) is 0 Å². The Bertz CT molecular complexity index is 808. The predicted octanol–water partition coefficient (Wildman–Crippen LogP) is 9.44. The number of unbranched alkanes of at least 4 members (excludes halogenated alkanes) is 10. The summed E-state index contributed by atoms with van der Waals surface area (Å²) >= 11 is 6.61. The van der Waals surface area contributed by atoms with E-state index in [1.807, 2.05) is 0 Å². The quantitative estimate of drug-likeness (QED) is 0.101. The maximum atomic E-state index is 5.56. The number of allylic oxidation sites excluding steroid dienone is 2. The summed E-state index contributed by atoms with van der Waals surface area (Å²) in [7, 11) is 2.09. The third kappa shape index (κ3) is 10.2. The van der Waals surface area contributed by atoms with E-state index < -0.39 is 0 Å². The third-order valence-electron chi connectivity index (χ3n) is 6.15. The van der Waals surface area contributed by atoms with Gasteiger partial charge < -0.3 is 9.32 Å². The Kier molecular flexibility index (Phi) is 13.3. The predicted molar refractivity (Wildman–Crippen MR) is 152 cm³/mol. The molecule has 0 aliphatic rings. The van der Waals surface area contributed by atoms with Crippen LogP contribution in [0.1, 0.15) is 116 Å². The number of oxazole rings is 1. The zero-order valence-corrected chi connectivity index (χ0v) is 23.9. The molecule has 0 saturated carbocycles. The minimum Gasteiger partial charge on any atom is -0.443 e. The van der Waals surface area contributed by atoms with Gasteiger partial charge in [-0.2, -0.15) is 12.6 Å². The van der Waals surface area contributed by atoms with E-state index >= 15 is 0 Å². The van der Waals surface area contributed by atoms with Crippen LogP contribution in [0.25, 0.3) is 11.6 Å². The minimum absolute atomic E-state index is 0.0181. The SMILES string of the molecule is CCCCCCCCC=CCCCCCCC(S)N(C)c1nc(-c2ncco2)c(C(C)(C)C)s1. The third-order valence-corrected chi connectivity index (χ3v) is 8.33. The summed E-state index contributed by atoms with van der Waals surface area (Å²) in [6.45, 7) is 8.90. The van der Waals surface area contributed by atoms with Gasteiger partial charge in [0.05, 0.1) is 11.6 Å². The highest BCUT2D eigenvalue weighted by Gasteiger charge is 2.28. The van der Waals surface area contributed by atoms with Crippen LogP contribution in [0.5, 0.6) is 0 Å². The molecule has 0 radical (unpaired) electrons. The number of anilines is 1. The molecule has 2 aromatic heterocycles. The second kappa shape index (κ2) is 15.7. The molecule has 192 valence electrons. The smallest absolute Gasteiger partial charge is 0.246 e. The molecule has 4 nitrogen and oxygen atoms in total. The molecule has 2 heterocycles. The van der Waals surface area contributed by atoms with Gasteiger partial charge in [-0.1, -0.05) is 91.2 Å². The summed E-state index contributed by atoms with van der Waals surface area (Å²) in [6, 6.07) is 0. The lowest BCUT2D eigenvalue weighted by atomic mass is 9.93. The van der Waals surface area contributed by atoms with Crippen molar-refractivity contribution in [1.29, 1.82) is 0 Å². The number of hydrogen-bond donors (Lipinski definition) is 1. The van der Waals surface area contributed by atoms with Crippen molar-refractivity contribution in [2.45, 2.75) is 122 Å². The fourth-order valence-electron chi connectivity index (χ4n) is 4.00. The molecular weight excluding hydrogens is 458 g/mol. The van der Waals surface area contributed by atoms with Crippen molar-refractivity contribution in [3.05, 3.63) is 29.5 Å². The maximum absolute atomic E-state index is 5.56. The summed E-state index contributed by atoms with van der Waals surface area (Å²) in [6.07, 6.45) is 25.0. The van der Waals surface area contributed by atoms with Crippen molar-refractivity contribution in [1.82, 2.24) is 9.97 Å². The number of hydrogen-bond acceptors (Lipinski definition) is 6. The first-order valence-electron chi connectivity index (χ1n) is 13.3. The number of rotatable bonds is 17. The number of nitrogens with zero attached hydrogens (tertiary/aromatic N) is 3. The number of thiol groups is 1. The molecule has 0 aromatic carbocycles. The first kappa shape index (κ1) is 29.0. The average molecular weight is 506 g/mol. The fraction of sp³-hybridized carbons (Fsp3) is 0.714. The minimum atomic E-state index is -0.0181. The molecule has 6 heteroatoms. The van der Waals surface area contributed by atoms with E-state index in [1.54, 1.807) is 23.8 Å². The fourth-order valence-corrected chi connectivity index (χ4v) is 5.49. The summed E-state index contributed by atoms with van der Waals surface area (Å²) in [5.74, 6) is 0.595. The van der Waals surface area contributed by atoms with E-state index in [9.17, 15) is 0 Å². The second-order valence-electron chi connectivity index (χ2n) is 10.4. The molecule has 0 fully saturated rings. The molecule has 0 bridgehead atoms. The highest BCUT2D eigenvalue weighted by atomic mass is 32.1. The average Bonchev–Trinajstić information content (AvgIpc) is 3.48. The van der Waals surface area contributed by atoms with Crippen molar-refractivity contribution in [2.24, 2.45) is 0 Å². The molecule has 0 spiro atoms. The molecule has 34 heavy (non-hydrogen) atoms. The molecule has 0 aliphatic heterocycles. The highest BCUT2D eigenvalue weighted by molar-refractivity contribution is 7.81. The zero-order chi connectivity index (χ0) is 24.8. The molecule has 0 saturated heterocycles. The van der Waals surface area contributed by atoms with Crippen molar-refractivity contribution >= 4 is 29.1 Å². The summed E-state index contributed by atoms with van der Waals surface area (Å²) in [5.41, 5.74) is 0.838. The van der Waals surface area contributed by atoms with Crippen LogP contribution in [0.4, 0.5) is 5.13 Å². The van der Waals surface area contributed by atoms with E-state index in [4.69, 9.17) is 22.0 Å². The lowest BCUT2D eigenvalue weighted by Gasteiger charge is -2.23. The van der Waals surface area contributed by atoms with Crippen LogP contribution in [0, 0.1) is 0 Å². The Morgan fingerprint density at radius 2 is 1.62 bits per heavy atom. The van der Waals surface area contributed by atoms with Crippen LogP contribution < -0.4 is 4.90 Å². The van der Waals surface area contributed by atoms with Crippen LogP contribution >= 0.6 is 24.0 Å². The van der Waals surface area contributed by atoms with Crippen molar-refractivity contribution in [3.8, 4) is 11.6 Å². The Morgan fingerprint density at radius 1 is 1.00 bits per heavy atom. The van der Waals surface area contributed by atoms with E-state index in [2.05, 4.69) is 56.8 Å². The second-order valence-corrected chi connectivity index (χ2v) is 11.9. The highest BCUT2D eigenvalue weighted by Crippen LogP contribution is 2.40. The lowest BCUT2D eigenvalue weighted by Crippen LogP contribution is -2.26. The van der Waals surface area contributed by atoms with E-state index in [0.29, 0.717) is 5.89 Å². The van der Waals surface area contributed by atoms with Gasteiger partial charge in [-0.15, -0.1) is 11.3 Å². The molecular formula is C28H47N3OS2. The van der Waals surface area contributed by atoms with Crippen LogP contribution in [-0.2, 0) is 5.41 Å². The monoisotopic (exact) mass is 505 g/mol. The van der Waals surface area contributed by atoms with Gasteiger partial charge in [-0.25, -0.2) is 9.97 Å².